The highest BCUT2D eigenvalue weighted by Crippen LogP contribution is 2.44. The van der Waals surface area contributed by atoms with Crippen LogP contribution in [0.4, 0.5) is 0 Å². The maximum Gasteiger partial charge on any atom is 0.191 e. The molecular weight excluding hydrogens is 453 g/mol. The van der Waals surface area contributed by atoms with Gasteiger partial charge in [-0.15, -0.1) is 24.0 Å². The Hall–Kier alpha value is -1.02. The number of rotatable bonds is 8. The van der Waals surface area contributed by atoms with E-state index >= 15 is 0 Å². The second kappa shape index (κ2) is 11.1. The maximum atomic E-state index is 5.77. The number of nitrogens with zero attached hydrogens (tertiary/aromatic N) is 1. The summed E-state index contributed by atoms with van der Waals surface area (Å²) in [5.41, 5.74) is 1.65. The molecule has 0 amide bonds. The number of aliphatic imine (C=N–C) groups is 1. The molecule has 0 spiro atoms. The highest BCUT2D eigenvalue weighted by atomic mass is 127. The Kier molecular flexibility index (Phi) is 9.15. The first kappa shape index (κ1) is 22.3. The second-order valence-corrected chi connectivity index (χ2v) is 7.54. The van der Waals surface area contributed by atoms with Crippen LogP contribution in [-0.2, 0) is 4.74 Å². The van der Waals surface area contributed by atoms with E-state index in [1.54, 1.807) is 7.11 Å². The second-order valence-electron chi connectivity index (χ2n) is 7.54. The summed E-state index contributed by atoms with van der Waals surface area (Å²) < 4.78 is 11.1. The third-order valence-electron chi connectivity index (χ3n) is 5.77. The first-order valence-corrected chi connectivity index (χ1v) is 9.99. The molecule has 1 aromatic carbocycles. The molecule has 0 saturated heterocycles. The van der Waals surface area contributed by atoms with Gasteiger partial charge in [0.1, 0.15) is 5.75 Å². The van der Waals surface area contributed by atoms with E-state index in [2.05, 4.69) is 35.8 Å². The van der Waals surface area contributed by atoms with Gasteiger partial charge in [0.2, 0.25) is 0 Å². The van der Waals surface area contributed by atoms with Crippen LogP contribution in [0.3, 0.4) is 0 Å². The standard InChI is InChI=1S/C21H33N3O2.HI/c1-3-22-20(24-16-21(10-6-11-21)12-14-25-2)23-15-17-9-13-26-19-8-5-4-7-18(17)19;/h4-5,7-8,17H,3,6,9-16H2,1-2H3,(H2,22,23,24);1H. The Bertz CT molecular complexity index is 605. The van der Waals surface area contributed by atoms with E-state index in [-0.39, 0.29) is 24.0 Å². The maximum absolute atomic E-state index is 5.77. The summed E-state index contributed by atoms with van der Waals surface area (Å²) in [4.78, 5) is 4.91. The van der Waals surface area contributed by atoms with Crippen molar-refractivity contribution in [3.63, 3.8) is 0 Å². The van der Waals surface area contributed by atoms with Gasteiger partial charge in [-0.3, -0.25) is 4.99 Å². The molecule has 152 valence electrons. The Labute approximate surface area is 180 Å². The van der Waals surface area contributed by atoms with Crippen LogP contribution in [0.15, 0.2) is 29.3 Å². The lowest BCUT2D eigenvalue weighted by atomic mass is 9.67. The van der Waals surface area contributed by atoms with Gasteiger partial charge in [0.25, 0.3) is 0 Å². The molecule has 27 heavy (non-hydrogen) atoms. The quantitative estimate of drug-likeness (QED) is 0.332. The molecule has 0 aromatic heterocycles. The van der Waals surface area contributed by atoms with E-state index in [0.717, 1.165) is 57.4 Å². The highest BCUT2D eigenvalue weighted by molar-refractivity contribution is 14.0. The fourth-order valence-electron chi connectivity index (χ4n) is 3.92. The van der Waals surface area contributed by atoms with Crippen LogP contribution >= 0.6 is 24.0 Å². The number of ether oxygens (including phenoxy) is 2. The Balaban J connectivity index is 0.00000261. The SMILES string of the molecule is CCNC(=NCC1(CCOC)CCC1)NCC1CCOc2ccccc21.I. The summed E-state index contributed by atoms with van der Waals surface area (Å²) in [6.07, 6.45) is 6.02. The number of benzene rings is 1. The molecule has 3 rings (SSSR count). The normalized spacial score (nSPS) is 20.5. The molecule has 2 N–H and O–H groups in total. The molecule has 1 saturated carbocycles. The minimum atomic E-state index is 0. The van der Waals surface area contributed by atoms with Gasteiger partial charge < -0.3 is 20.1 Å². The topological polar surface area (TPSA) is 54.9 Å². The zero-order valence-corrected chi connectivity index (χ0v) is 19.0. The van der Waals surface area contributed by atoms with Crippen LogP contribution in [0.1, 0.15) is 50.5 Å². The molecule has 1 fully saturated rings. The van der Waals surface area contributed by atoms with Crippen molar-refractivity contribution in [2.24, 2.45) is 10.4 Å². The highest BCUT2D eigenvalue weighted by Gasteiger charge is 2.36. The summed E-state index contributed by atoms with van der Waals surface area (Å²) in [6.45, 7) is 6.38. The van der Waals surface area contributed by atoms with Crippen LogP contribution in [0.25, 0.3) is 0 Å². The molecule has 1 aliphatic carbocycles. The van der Waals surface area contributed by atoms with Crippen molar-refractivity contribution in [1.82, 2.24) is 10.6 Å². The van der Waals surface area contributed by atoms with Crippen molar-refractivity contribution < 1.29 is 9.47 Å². The fraction of sp³-hybridized carbons (Fsp3) is 0.667. The van der Waals surface area contributed by atoms with Gasteiger partial charge in [-0.1, -0.05) is 24.6 Å². The summed E-state index contributed by atoms with van der Waals surface area (Å²) in [5, 5.41) is 6.96. The van der Waals surface area contributed by atoms with Gasteiger partial charge in [-0.05, 0) is 49.7 Å². The van der Waals surface area contributed by atoms with Gasteiger partial charge in [-0.25, -0.2) is 0 Å². The van der Waals surface area contributed by atoms with Crippen molar-refractivity contribution in [2.45, 2.75) is 44.9 Å². The minimum Gasteiger partial charge on any atom is -0.493 e. The molecule has 1 unspecified atom stereocenters. The van der Waals surface area contributed by atoms with Crippen molar-refractivity contribution >= 4 is 29.9 Å². The van der Waals surface area contributed by atoms with Crippen LogP contribution in [0.5, 0.6) is 5.75 Å². The molecule has 1 aliphatic heterocycles. The number of nitrogens with one attached hydrogen (secondary N) is 2. The van der Waals surface area contributed by atoms with Crippen molar-refractivity contribution in [3.05, 3.63) is 29.8 Å². The van der Waals surface area contributed by atoms with Gasteiger partial charge in [0, 0.05) is 39.3 Å². The lowest BCUT2D eigenvalue weighted by Gasteiger charge is -2.40. The van der Waals surface area contributed by atoms with E-state index in [9.17, 15) is 0 Å². The van der Waals surface area contributed by atoms with Crippen LogP contribution < -0.4 is 15.4 Å². The molecule has 2 aliphatic rings. The predicted octanol–water partition coefficient (Wildman–Crippen LogP) is 3.93. The average Bonchev–Trinajstić information content (AvgIpc) is 2.64. The molecule has 0 radical (unpaired) electrons. The smallest absolute Gasteiger partial charge is 0.191 e. The molecule has 6 heteroatoms. The van der Waals surface area contributed by atoms with E-state index in [1.807, 2.05) is 6.07 Å². The largest absolute Gasteiger partial charge is 0.493 e. The molecule has 1 aromatic rings. The third-order valence-corrected chi connectivity index (χ3v) is 5.77. The number of methoxy groups -OCH3 is 1. The van der Waals surface area contributed by atoms with Gasteiger partial charge >= 0.3 is 0 Å². The van der Waals surface area contributed by atoms with Gasteiger partial charge in [0.05, 0.1) is 6.61 Å². The predicted molar refractivity (Wildman–Crippen MR) is 121 cm³/mol. The number of guanidine groups is 1. The zero-order chi connectivity index (χ0) is 18.2. The average molecular weight is 487 g/mol. The van der Waals surface area contributed by atoms with E-state index in [1.165, 1.54) is 24.8 Å². The summed E-state index contributed by atoms with van der Waals surface area (Å²) in [7, 11) is 1.78. The van der Waals surface area contributed by atoms with Crippen molar-refractivity contribution in [2.75, 3.05) is 40.0 Å². The Morgan fingerprint density at radius 2 is 2.11 bits per heavy atom. The monoisotopic (exact) mass is 487 g/mol. The third kappa shape index (κ3) is 5.98. The molecule has 5 nitrogen and oxygen atoms in total. The number of para-hydroxylation sites is 1. The van der Waals surface area contributed by atoms with Gasteiger partial charge in [0.15, 0.2) is 5.96 Å². The summed E-state index contributed by atoms with van der Waals surface area (Å²) in [5.74, 6) is 2.43. The van der Waals surface area contributed by atoms with E-state index in [0.29, 0.717) is 11.3 Å². The lowest BCUT2D eigenvalue weighted by molar-refractivity contribution is 0.0778. The minimum absolute atomic E-state index is 0. The number of hydrogen-bond donors (Lipinski definition) is 2. The molecule has 1 atom stereocenters. The van der Waals surface area contributed by atoms with E-state index in [4.69, 9.17) is 14.5 Å². The summed E-state index contributed by atoms with van der Waals surface area (Å²) >= 11 is 0. The number of fused-ring (bicyclic) bond motifs is 1. The van der Waals surface area contributed by atoms with Crippen LogP contribution in [0, 0.1) is 5.41 Å². The molecular formula is C21H34IN3O2. The zero-order valence-electron chi connectivity index (χ0n) is 16.6. The Morgan fingerprint density at radius 3 is 2.81 bits per heavy atom. The lowest BCUT2D eigenvalue weighted by Crippen LogP contribution is -2.42. The number of halogens is 1. The first-order chi connectivity index (χ1) is 12.8. The van der Waals surface area contributed by atoms with Crippen molar-refractivity contribution in [1.29, 1.82) is 0 Å². The van der Waals surface area contributed by atoms with Crippen LogP contribution in [-0.4, -0.2) is 45.9 Å². The van der Waals surface area contributed by atoms with Crippen molar-refractivity contribution in [3.8, 4) is 5.75 Å². The summed E-state index contributed by atoms with van der Waals surface area (Å²) in [6, 6.07) is 8.38. The first-order valence-electron chi connectivity index (χ1n) is 9.99. The molecule has 1 heterocycles. The Morgan fingerprint density at radius 1 is 1.30 bits per heavy atom. The van der Waals surface area contributed by atoms with Gasteiger partial charge in [-0.2, -0.15) is 0 Å². The molecule has 0 bridgehead atoms. The fourth-order valence-corrected chi connectivity index (χ4v) is 3.92. The van der Waals surface area contributed by atoms with Crippen LogP contribution in [0.2, 0.25) is 0 Å². The number of hydrogen-bond acceptors (Lipinski definition) is 3. The van der Waals surface area contributed by atoms with E-state index < -0.39 is 0 Å².